The van der Waals surface area contributed by atoms with E-state index in [1.54, 1.807) is 31.3 Å². The van der Waals surface area contributed by atoms with Gasteiger partial charge in [-0.25, -0.2) is 0 Å². The van der Waals surface area contributed by atoms with Gasteiger partial charge in [0, 0.05) is 25.0 Å². The first-order chi connectivity index (χ1) is 11.5. The van der Waals surface area contributed by atoms with Crippen molar-refractivity contribution in [3.05, 3.63) is 64.3 Å². The molecule has 0 saturated heterocycles. The Labute approximate surface area is 147 Å². The van der Waals surface area contributed by atoms with Crippen LogP contribution in [0.15, 0.2) is 53.0 Å². The van der Waals surface area contributed by atoms with Gasteiger partial charge in [0.2, 0.25) is 0 Å². The van der Waals surface area contributed by atoms with Crippen molar-refractivity contribution in [2.75, 3.05) is 12.4 Å². The van der Waals surface area contributed by atoms with Gasteiger partial charge >= 0.3 is 0 Å². The summed E-state index contributed by atoms with van der Waals surface area (Å²) in [6.07, 6.45) is 0. The van der Waals surface area contributed by atoms with Crippen LogP contribution in [0.3, 0.4) is 0 Å². The Morgan fingerprint density at radius 1 is 1.00 bits per heavy atom. The molecule has 3 aromatic rings. The van der Waals surface area contributed by atoms with E-state index in [1.807, 2.05) is 35.9 Å². The zero-order valence-corrected chi connectivity index (χ0v) is 14.8. The molecule has 1 heterocycles. The SMILES string of the molecule is CNC(=O)c1ccccc1NC(=O)c1c(Br)c2ccccc2n1C. The number of hydrogen-bond donors (Lipinski definition) is 2. The lowest BCUT2D eigenvalue weighted by Crippen LogP contribution is -2.22. The minimum atomic E-state index is -0.281. The minimum Gasteiger partial charge on any atom is -0.355 e. The lowest BCUT2D eigenvalue weighted by atomic mass is 10.1. The number of halogens is 1. The number of aryl methyl sites for hydroxylation is 1. The third-order valence-electron chi connectivity index (χ3n) is 3.91. The molecule has 0 bridgehead atoms. The van der Waals surface area contributed by atoms with Gasteiger partial charge in [-0.1, -0.05) is 30.3 Å². The van der Waals surface area contributed by atoms with E-state index in [1.165, 1.54) is 0 Å². The molecular formula is C18H16BrN3O2. The van der Waals surface area contributed by atoms with Crippen molar-refractivity contribution in [1.29, 1.82) is 0 Å². The van der Waals surface area contributed by atoms with Crippen LogP contribution in [0.5, 0.6) is 0 Å². The van der Waals surface area contributed by atoms with E-state index in [2.05, 4.69) is 26.6 Å². The molecule has 5 nitrogen and oxygen atoms in total. The molecule has 0 fully saturated rings. The summed E-state index contributed by atoms with van der Waals surface area (Å²) in [6.45, 7) is 0. The van der Waals surface area contributed by atoms with Crippen molar-refractivity contribution < 1.29 is 9.59 Å². The fourth-order valence-electron chi connectivity index (χ4n) is 2.71. The monoisotopic (exact) mass is 385 g/mol. The Kier molecular flexibility index (Phi) is 4.40. The number of anilines is 1. The van der Waals surface area contributed by atoms with E-state index in [9.17, 15) is 9.59 Å². The number of hydrogen-bond acceptors (Lipinski definition) is 2. The number of para-hydroxylation sites is 2. The zero-order valence-electron chi connectivity index (χ0n) is 13.3. The normalized spacial score (nSPS) is 10.6. The number of carbonyl (C=O) groups is 2. The van der Waals surface area contributed by atoms with E-state index >= 15 is 0 Å². The molecule has 1 aromatic heterocycles. The highest BCUT2D eigenvalue weighted by molar-refractivity contribution is 9.10. The molecule has 6 heteroatoms. The van der Waals surface area contributed by atoms with E-state index in [4.69, 9.17) is 0 Å². The van der Waals surface area contributed by atoms with Gasteiger partial charge in [-0.15, -0.1) is 0 Å². The molecule has 0 spiro atoms. The predicted molar refractivity (Wildman–Crippen MR) is 98.4 cm³/mol. The van der Waals surface area contributed by atoms with E-state index in [-0.39, 0.29) is 11.8 Å². The third kappa shape index (κ3) is 2.69. The number of nitrogens with one attached hydrogen (secondary N) is 2. The van der Waals surface area contributed by atoms with Crippen molar-refractivity contribution in [1.82, 2.24) is 9.88 Å². The number of aromatic nitrogens is 1. The Hall–Kier alpha value is -2.60. The molecule has 0 unspecified atom stereocenters. The fraction of sp³-hybridized carbons (Fsp3) is 0.111. The Bertz CT molecular complexity index is 908. The lowest BCUT2D eigenvalue weighted by molar-refractivity contribution is 0.0964. The van der Waals surface area contributed by atoms with Crippen molar-refractivity contribution in [3.8, 4) is 0 Å². The van der Waals surface area contributed by atoms with Gasteiger partial charge in [-0.05, 0) is 34.1 Å². The van der Waals surface area contributed by atoms with Gasteiger partial charge in [0.15, 0.2) is 0 Å². The maximum atomic E-state index is 12.8. The molecule has 0 saturated carbocycles. The Balaban J connectivity index is 2.02. The van der Waals surface area contributed by atoms with Crippen LogP contribution in [0.4, 0.5) is 5.69 Å². The number of amides is 2. The first-order valence-electron chi connectivity index (χ1n) is 7.40. The molecule has 0 aliphatic rings. The van der Waals surface area contributed by atoms with E-state index < -0.39 is 0 Å². The first kappa shape index (κ1) is 16.3. The molecule has 3 rings (SSSR count). The zero-order chi connectivity index (χ0) is 17.3. The number of benzene rings is 2. The van der Waals surface area contributed by atoms with Crippen molar-refractivity contribution >= 4 is 44.3 Å². The summed E-state index contributed by atoms with van der Waals surface area (Å²) in [5.41, 5.74) is 2.35. The highest BCUT2D eigenvalue weighted by Gasteiger charge is 2.20. The fourth-order valence-corrected chi connectivity index (χ4v) is 3.49. The minimum absolute atomic E-state index is 0.248. The Morgan fingerprint density at radius 3 is 2.38 bits per heavy atom. The lowest BCUT2D eigenvalue weighted by Gasteiger charge is -2.11. The van der Waals surface area contributed by atoms with Crippen LogP contribution in [0.25, 0.3) is 10.9 Å². The smallest absolute Gasteiger partial charge is 0.273 e. The van der Waals surface area contributed by atoms with Crippen LogP contribution in [0.1, 0.15) is 20.8 Å². The Morgan fingerprint density at radius 2 is 1.67 bits per heavy atom. The molecule has 122 valence electrons. The summed E-state index contributed by atoms with van der Waals surface area (Å²) >= 11 is 3.52. The molecule has 24 heavy (non-hydrogen) atoms. The summed E-state index contributed by atoms with van der Waals surface area (Å²) in [4.78, 5) is 24.7. The second-order valence-electron chi connectivity index (χ2n) is 5.32. The van der Waals surface area contributed by atoms with Gasteiger partial charge in [0.05, 0.1) is 15.7 Å². The van der Waals surface area contributed by atoms with Crippen molar-refractivity contribution in [2.24, 2.45) is 7.05 Å². The highest BCUT2D eigenvalue weighted by Crippen LogP contribution is 2.31. The van der Waals surface area contributed by atoms with Gasteiger partial charge in [0.1, 0.15) is 5.69 Å². The second-order valence-corrected chi connectivity index (χ2v) is 6.11. The molecule has 2 amide bonds. The standard InChI is InChI=1S/C18H16BrN3O2/c1-20-17(23)11-7-3-5-9-13(11)21-18(24)16-15(19)12-8-4-6-10-14(12)22(16)2/h3-10H,1-2H3,(H,20,23)(H,21,24). The predicted octanol–water partition coefficient (Wildman–Crippen LogP) is 3.55. The molecule has 0 radical (unpaired) electrons. The van der Waals surface area contributed by atoms with Crippen LogP contribution >= 0.6 is 15.9 Å². The average molecular weight is 386 g/mol. The van der Waals surface area contributed by atoms with Crippen LogP contribution < -0.4 is 10.6 Å². The quantitative estimate of drug-likeness (QED) is 0.723. The van der Waals surface area contributed by atoms with Crippen LogP contribution in [0, 0.1) is 0 Å². The third-order valence-corrected chi connectivity index (χ3v) is 4.71. The molecule has 0 atom stereocenters. The van der Waals surface area contributed by atoms with Crippen molar-refractivity contribution in [3.63, 3.8) is 0 Å². The summed E-state index contributed by atoms with van der Waals surface area (Å²) in [7, 11) is 3.40. The summed E-state index contributed by atoms with van der Waals surface area (Å²) in [5, 5.41) is 6.37. The molecule has 2 N–H and O–H groups in total. The molecule has 0 aliphatic carbocycles. The summed E-state index contributed by atoms with van der Waals surface area (Å²) in [5.74, 6) is -0.529. The molecular weight excluding hydrogens is 370 g/mol. The molecule has 0 aliphatic heterocycles. The first-order valence-corrected chi connectivity index (χ1v) is 8.19. The van der Waals surface area contributed by atoms with Gasteiger partial charge < -0.3 is 15.2 Å². The van der Waals surface area contributed by atoms with Gasteiger partial charge in [0.25, 0.3) is 11.8 Å². The second kappa shape index (κ2) is 6.49. The van der Waals surface area contributed by atoms with E-state index in [0.29, 0.717) is 16.9 Å². The van der Waals surface area contributed by atoms with Crippen LogP contribution in [-0.2, 0) is 7.05 Å². The largest absolute Gasteiger partial charge is 0.355 e. The maximum absolute atomic E-state index is 12.8. The number of carbonyl (C=O) groups excluding carboxylic acids is 2. The topological polar surface area (TPSA) is 63.1 Å². The maximum Gasteiger partial charge on any atom is 0.273 e. The van der Waals surface area contributed by atoms with Gasteiger partial charge in [-0.2, -0.15) is 0 Å². The molecule has 2 aromatic carbocycles. The van der Waals surface area contributed by atoms with Crippen molar-refractivity contribution in [2.45, 2.75) is 0 Å². The summed E-state index contributed by atoms with van der Waals surface area (Å²) in [6, 6.07) is 14.7. The number of nitrogens with zero attached hydrogens (tertiary/aromatic N) is 1. The van der Waals surface area contributed by atoms with E-state index in [0.717, 1.165) is 15.4 Å². The van der Waals surface area contributed by atoms with Crippen LogP contribution in [0.2, 0.25) is 0 Å². The average Bonchev–Trinajstić information content (AvgIpc) is 2.86. The summed E-state index contributed by atoms with van der Waals surface area (Å²) < 4.78 is 2.56. The number of fused-ring (bicyclic) bond motifs is 1. The van der Waals surface area contributed by atoms with Gasteiger partial charge in [-0.3, -0.25) is 9.59 Å². The highest BCUT2D eigenvalue weighted by atomic mass is 79.9. The number of rotatable bonds is 3. The van der Waals surface area contributed by atoms with Crippen LogP contribution in [-0.4, -0.2) is 23.4 Å².